The van der Waals surface area contributed by atoms with E-state index in [4.69, 9.17) is 14.2 Å². The standard InChI is InChI=1S/C19H26O3/c1-4-12-20-15-19(16-21-13-5-2,17-22-14-6-3)18-10-8-7-9-11-18/h4-11H,1-3,12-17H2. The predicted octanol–water partition coefficient (Wildman–Crippen LogP) is 3.53. The summed E-state index contributed by atoms with van der Waals surface area (Å²) in [4.78, 5) is 0. The van der Waals surface area contributed by atoms with Gasteiger partial charge in [0, 0.05) is 0 Å². The molecule has 120 valence electrons. The SMILES string of the molecule is C=CCOCC(COCC=C)(COCC=C)c1ccccc1. The topological polar surface area (TPSA) is 27.7 Å². The van der Waals surface area contributed by atoms with Crippen LogP contribution in [0.25, 0.3) is 0 Å². The Morgan fingerprint density at radius 2 is 1.14 bits per heavy atom. The highest BCUT2D eigenvalue weighted by molar-refractivity contribution is 5.26. The lowest BCUT2D eigenvalue weighted by molar-refractivity contribution is -0.0121. The van der Waals surface area contributed by atoms with Gasteiger partial charge < -0.3 is 14.2 Å². The van der Waals surface area contributed by atoms with Crippen molar-refractivity contribution in [2.24, 2.45) is 0 Å². The van der Waals surface area contributed by atoms with Gasteiger partial charge in [0.25, 0.3) is 0 Å². The van der Waals surface area contributed by atoms with Gasteiger partial charge in [-0.25, -0.2) is 0 Å². The maximum Gasteiger partial charge on any atom is 0.0654 e. The first kappa shape index (κ1) is 18.4. The van der Waals surface area contributed by atoms with Crippen LogP contribution >= 0.6 is 0 Å². The Bertz CT molecular complexity index is 403. The molecule has 0 saturated heterocycles. The van der Waals surface area contributed by atoms with Crippen LogP contribution in [0.5, 0.6) is 0 Å². The molecule has 3 heteroatoms. The van der Waals surface area contributed by atoms with Crippen molar-refractivity contribution in [1.82, 2.24) is 0 Å². The Morgan fingerprint density at radius 1 is 0.727 bits per heavy atom. The zero-order chi connectivity index (χ0) is 16.1. The molecule has 0 N–H and O–H groups in total. The molecule has 0 aromatic heterocycles. The van der Waals surface area contributed by atoms with Crippen molar-refractivity contribution in [2.45, 2.75) is 5.41 Å². The first-order valence-electron chi connectivity index (χ1n) is 7.40. The van der Waals surface area contributed by atoms with Crippen LogP contribution in [0, 0.1) is 0 Å². The lowest BCUT2D eigenvalue weighted by atomic mass is 9.82. The molecular weight excluding hydrogens is 276 g/mol. The summed E-state index contributed by atoms with van der Waals surface area (Å²) < 4.78 is 17.2. The smallest absolute Gasteiger partial charge is 0.0654 e. The largest absolute Gasteiger partial charge is 0.376 e. The molecule has 0 saturated carbocycles. The highest BCUT2D eigenvalue weighted by atomic mass is 16.5. The van der Waals surface area contributed by atoms with Crippen LogP contribution in [0.3, 0.4) is 0 Å². The van der Waals surface area contributed by atoms with Gasteiger partial charge in [-0.3, -0.25) is 0 Å². The van der Waals surface area contributed by atoms with E-state index in [9.17, 15) is 0 Å². The Labute approximate surface area is 133 Å². The van der Waals surface area contributed by atoms with Crippen molar-refractivity contribution in [2.75, 3.05) is 39.6 Å². The molecule has 22 heavy (non-hydrogen) atoms. The second-order valence-corrected chi connectivity index (χ2v) is 5.06. The monoisotopic (exact) mass is 302 g/mol. The summed E-state index contributed by atoms with van der Waals surface area (Å²) in [5, 5.41) is 0. The maximum absolute atomic E-state index is 5.73. The second-order valence-electron chi connectivity index (χ2n) is 5.06. The molecule has 0 aliphatic heterocycles. The third kappa shape index (κ3) is 5.98. The van der Waals surface area contributed by atoms with E-state index < -0.39 is 0 Å². The number of hydrogen-bond donors (Lipinski definition) is 0. The maximum atomic E-state index is 5.73. The van der Waals surface area contributed by atoms with Gasteiger partial charge in [-0.05, 0) is 5.56 Å². The molecule has 0 aliphatic rings. The normalized spacial score (nSPS) is 11.1. The van der Waals surface area contributed by atoms with E-state index in [-0.39, 0.29) is 5.41 Å². The van der Waals surface area contributed by atoms with Crippen molar-refractivity contribution in [1.29, 1.82) is 0 Å². The molecule has 3 nitrogen and oxygen atoms in total. The minimum absolute atomic E-state index is 0.365. The molecule has 0 radical (unpaired) electrons. The van der Waals surface area contributed by atoms with E-state index in [0.717, 1.165) is 5.56 Å². The van der Waals surface area contributed by atoms with Crippen LogP contribution in [-0.4, -0.2) is 39.6 Å². The number of hydrogen-bond acceptors (Lipinski definition) is 3. The van der Waals surface area contributed by atoms with Gasteiger partial charge >= 0.3 is 0 Å². The Hall–Kier alpha value is -1.68. The summed E-state index contributed by atoms with van der Waals surface area (Å²) in [6, 6.07) is 10.2. The predicted molar refractivity (Wildman–Crippen MR) is 91.2 cm³/mol. The molecule has 0 spiro atoms. The average molecular weight is 302 g/mol. The third-order valence-electron chi connectivity index (χ3n) is 3.23. The van der Waals surface area contributed by atoms with E-state index in [1.54, 1.807) is 18.2 Å². The second kappa shape index (κ2) is 11.0. The fourth-order valence-corrected chi connectivity index (χ4v) is 2.18. The van der Waals surface area contributed by atoms with Crippen LogP contribution in [0.2, 0.25) is 0 Å². The Balaban J connectivity index is 2.94. The van der Waals surface area contributed by atoms with Gasteiger partial charge in [-0.2, -0.15) is 0 Å². The summed E-state index contributed by atoms with van der Waals surface area (Å²) in [7, 11) is 0. The number of rotatable bonds is 13. The van der Waals surface area contributed by atoms with E-state index in [0.29, 0.717) is 39.6 Å². The van der Waals surface area contributed by atoms with Gasteiger partial charge in [0.05, 0.1) is 45.1 Å². The molecule has 0 bridgehead atoms. The van der Waals surface area contributed by atoms with Gasteiger partial charge in [0.2, 0.25) is 0 Å². The minimum atomic E-state index is -0.365. The zero-order valence-corrected chi connectivity index (χ0v) is 13.2. The molecule has 0 fully saturated rings. The average Bonchev–Trinajstić information content (AvgIpc) is 2.56. The first-order valence-corrected chi connectivity index (χ1v) is 7.40. The van der Waals surface area contributed by atoms with E-state index >= 15 is 0 Å². The number of benzene rings is 1. The fourth-order valence-electron chi connectivity index (χ4n) is 2.18. The number of ether oxygens (including phenoxy) is 3. The van der Waals surface area contributed by atoms with Crippen molar-refractivity contribution in [3.05, 3.63) is 73.9 Å². The van der Waals surface area contributed by atoms with Crippen LogP contribution in [-0.2, 0) is 19.6 Å². The molecule has 0 unspecified atom stereocenters. The van der Waals surface area contributed by atoms with Crippen LogP contribution in [0.4, 0.5) is 0 Å². The van der Waals surface area contributed by atoms with Crippen LogP contribution in [0.15, 0.2) is 68.3 Å². The lowest BCUT2D eigenvalue weighted by Crippen LogP contribution is -2.42. The quantitative estimate of drug-likeness (QED) is 0.412. The molecular formula is C19H26O3. The van der Waals surface area contributed by atoms with Gasteiger partial charge in [0.1, 0.15) is 0 Å². The summed E-state index contributed by atoms with van der Waals surface area (Å²) in [5.74, 6) is 0. The van der Waals surface area contributed by atoms with Gasteiger partial charge in [-0.15, -0.1) is 19.7 Å². The molecule has 1 rings (SSSR count). The zero-order valence-electron chi connectivity index (χ0n) is 13.2. The van der Waals surface area contributed by atoms with Crippen LogP contribution in [0.1, 0.15) is 5.56 Å². The van der Waals surface area contributed by atoms with E-state index in [1.165, 1.54) is 0 Å². The summed E-state index contributed by atoms with van der Waals surface area (Å²) >= 11 is 0. The fraction of sp³-hybridized carbons (Fsp3) is 0.368. The highest BCUT2D eigenvalue weighted by Crippen LogP contribution is 2.26. The van der Waals surface area contributed by atoms with Gasteiger partial charge in [0.15, 0.2) is 0 Å². The molecule has 1 aromatic carbocycles. The highest BCUT2D eigenvalue weighted by Gasteiger charge is 2.33. The summed E-state index contributed by atoms with van der Waals surface area (Å²) in [6.07, 6.45) is 5.22. The summed E-state index contributed by atoms with van der Waals surface area (Å²) in [6.45, 7) is 14.1. The van der Waals surface area contributed by atoms with Crippen LogP contribution < -0.4 is 0 Å². The van der Waals surface area contributed by atoms with Crippen molar-refractivity contribution in [3.63, 3.8) is 0 Å². The van der Waals surface area contributed by atoms with Crippen molar-refractivity contribution in [3.8, 4) is 0 Å². The van der Waals surface area contributed by atoms with Crippen molar-refractivity contribution >= 4 is 0 Å². The molecule has 0 amide bonds. The minimum Gasteiger partial charge on any atom is -0.376 e. The molecule has 0 aliphatic carbocycles. The first-order chi connectivity index (χ1) is 10.8. The van der Waals surface area contributed by atoms with E-state index in [1.807, 2.05) is 18.2 Å². The third-order valence-corrected chi connectivity index (χ3v) is 3.23. The van der Waals surface area contributed by atoms with Crippen molar-refractivity contribution < 1.29 is 14.2 Å². The molecule has 0 heterocycles. The molecule has 1 aromatic rings. The Morgan fingerprint density at radius 3 is 1.50 bits per heavy atom. The van der Waals surface area contributed by atoms with Gasteiger partial charge in [-0.1, -0.05) is 48.6 Å². The molecule has 0 atom stereocenters. The summed E-state index contributed by atoms with van der Waals surface area (Å²) in [5.41, 5.74) is 0.767. The van der Waals surface area contributed by atoms with E-state index in [2.05, 4.69) is 31.9 Å². The lowest BCUT2D eigenvalue weighted by Gasteiger charge is -2.33. The Kier molecular flexibility index (Phi) is 9.15.